The van der Waals surface area contributed by atoms with Crippen LogP contribution in [0.4, 0.5) is 9.59 Å². The van der Waals surface area contributed by atoms with Gasteiger partial charge in [0.05, 0.1) is 5.75 Å². The van der Waals surface area contributed by atoms with Gasteiger partial charge in [-0.25, -0.2) is 4.79 Å². The van der Waals surface area contributed by atoms with E-state index in [1.807, 2.05) is 31.2 Å². The van der Waals surface area contributed by atoms with Crippen LogP contribution in [0.5, 0.6) is 0 Å². The maximum atomic E-state index is 11.6. The number of rotatable bonds is 5. The number of imide groups is 1. The van der Waals surface area contributed by atoms with E-state index >= 15 is 0 Å². The van der Waals surface area contributed by atoms with Crippen LogP contribution in [-0.4, -0.2) is 40.9 Å². The molecule has 0 radical (unpaired) electrons. The molecule has 6 nitrogen and oxygen atoms in total. The zero-order chi connectivity index (χ0) is 15.9. The molecule has 22 heavy (non-hydrogen) atoms. The Morgan fingerprint density at radius 3 is 2.91 bits per heavy atom. The summed E-state index contributed by atoms with van der Waals surface area (Å²) in [6.45, 7) is 2.42. The molecule has 4 amide bonds. The van der Waals surface area contributed by atoms with Crippen LogP contribution < -0.4 is 10.6 Å². The molecule has 0 saturated carbocycles. The fraction of sp³-hybridized carbons (Fsp3) is 0.267. The third kappa shape index (κ3) is 4.63. The topological polar surface area (TPSA) is 78.5 Å². The maximum absolute atomic E-state index is 11.6. The Kier molecular flexibility index (Phi) is 5.60. The number of carbonyl (C=O) groups excluding carboxylic acids is 3. The quantitative estimate of drug-likeness (QED) is 0.869. The fourth-order valence-electron chi connectivity index (χ4n) is 1.92. The van der Waals surface area contributed by atoms with Crippen LogP contribution in [0.1, 0.15) is 11.1 Å². The van der Waals surface area contributed by atoms with E-state index in [-0.39, 0.29) is 36.0 Å². The van der Waals surface area contributed by atoms with Crippen LogP contribution in [-0.2, 0) is 4.79 Å². The molecule has 0 aliphatic carbocycles. The van der Waals surface area contributed by atoms with Gasteiger partial charge in [-0.1, -0.05) is 41.6 Å². The largest absolute Gasteiger partial charge is 0.336 e. The first-order chi connectivity index (χ1) is 10.6. The molecule has 0 bridgehead atoms. The smallest absolute Gasteiger partial charge is 0.318 e. The summed E-state index contributed by atoms with van der Waals surface area (Å²) in [6, 6.07) is 7.49. The average Bonchev–Trinajstić information content (AvgIpc) is 2.79. The molecule has 7 heteroatoms. The first kappa shape index (κ1) is 16.1. The van der Waals surface area contributed by atoms with Crippen LogP contribution in [0.25, 0.3) is 6.08 Å². The van der Waals surface area contributed by atoms with Gasteiger partial charge >= 0.3 is 6.03 Å². The Balaban J connectivity index is 1.70. The highest BCUT2D eigenvalue weighted by Crippen LogP contribution is 2.17. The summed E-state index contributed by atoms with van der Waals surface area (Å²) in [6.07, 6.45) is 3.34. The number of hydrogen-bond donors (Lipinski definition) is 2. The van der Waals surface area contributed by atoms with Gasteiger partial charge in [-0.05, 0) is 18.6 Å². The minimum absolute atomic E-state index is 0.185. The lowest BCUT2D eigenvalue weighted by atomic mass is 10.1. The monoisotopic (exact) mass is 319 g/mol. The molecule has 1 saturated heterocycles. The molecule has 116 valence electrons. The van der Waals surface area contributed by atoms with Gasteiger partial charge in [-0.15, -0.1) is 0 Å². The number of amides is 4. The molecule has 1 aromatic carbocycles. The zero-order valence-corrected chi connectivity index (χ0v) is 13.0. The highest BCUT2D eigenvalue weighted by Gasteiger charge is 2.29. The predicted molar refractivity (Wildman–Crippen MR) is 86.3 cm³/mol. The molecule has 1 heterocycles. The Morgan fingerprint density at radius 1 is 1.41 bits per heavy atom. The van der Waals surface area contributed by atoms with Crippen molar-refractivity contribution in [2.24, 2.45) is 0 Å². The number of thioether (sulfide) groups is 1. The number of benzene rings is 1. The molecule has 1 fully saturated rings. The van der Waals surface area contributed by atoms with Gasteiger partial charge in [-0.3, -0.25) is 14.5 Å². The molecule has 2 N–H and O–H groups in total. The SMILES string of the molecule is Cc1cccc(/C=C/NC(=O)NCCN2C(=O)CSC2=O)c1. The standard InChI is InChI=1S/C15H17N3O3S/c1-11-3-2-4-12(9-11)5-6-16-14(20)17-7-8-18-13(19)10-22-15(18)21/h2-6,9H,7-8,10H2,1H3,(H2,16,17,20)/b6-5+. The number of urea groups is 1. The second kappa shape index (κ2) is 7.65. The molecule has 0 spiro atoms. The minimum atomic E-state index is -0.379. The minimum Gasteiger partial charge on any atom is -0.336 e. The van der Waals surface area contributed by atoms with Gasteiger partial charge in [0.1, 0.15) is 0 Å². The summed E-state index contributed by atoms with van der Waals surface area (Å²) < 4.78 is 0. The Bertz CT molecular complexity index is 600. The summed E-state index contributed by atoms with van der Waals surface area (Å²) in [5.41, 5.74) is 2.13. The van der Waals surface area contributed by atoms with Gasteiger partial charge in [-0.2, -0.15) is 0 Å². The molecule has 0 unspecified atom stereocenters. The van der Waals surface area contributed by atoms with Crippen molar-refractivity contribution in [3.8, 4) is 0 Å². The van der Waals surface area contributed by atoms with E-state index in [0.717, 1.165) is 27.8 Å². The van der Waals surface area contributed by atoms with Gasteiger partial charge in [0.25, 0.3) is 5.24 Å². The van der Waals surface area contributed by atoms with E-state index in [1.165, 1.54) is 0 Å². The third-order valence-corrected chi connectivity index (χ3v) is 3.85. The van der Waals surface area contributed by atoms with Crippen molar-refractivity contribution in [3.63, 3.8) is 0 Å². The number of aryl methyl sites for hydroxylation is 1. The Morgan fingerprint density at radius 2 is 2.23 bits per heavy atom. The van der Waals surface area contributed by atoms with E-state index in [4.69, 9.17) is 0 Å². The van der Waals surface area contributed by atoms with Crippen LogP contribution in [0.2, 0.25) is 0 Å². The highest BCUT2D eigenvalue weighted by molar-refractivity contribution is 8.14. The highest BCUT2D eigenvalue weighted by atomic mass is 32.2. The van der Waals surface area contributed by atoms with Gasteiger partial charge < -0.3 is 10.6 Å². The van der Waals surface area contributed by atoms with Crippen molar-refractivity contribution in [1.29, 1.82) is 0 Å². The van der Waals surface area contributed by atoms with Crippen LogP contribution in [0.15, 0.2) is 30.5 Å². The van der Waals surface area contributed by atoms with Gasteiger partial charge in [0, 0.05) is 19.3 Å². The first-order valence-electron chi connectivity index (χ1n) is 6.81. The Labute approximate surface area is 132 Å². The van der Waals surface area contributed by atoms with E-state index in [0.29, 0.717) is 0 Å². The molecular weight excluding hydrogens is 302 g/mol. The molecule has 1 aliphatic rings. The van der Waals surface area contributed by atoms with Crippen molar-refractivity contribution in [2.45, 2.75) is 6.92 Å². The van der Waals surface area contributed by atoms with Crippen molar-refractivity contribution >= 4 is 35.0 Å². The molecule has 0 atom stereocenters. The van der Waals surface area contributed by atoms with Gasteiger partial charge in [0.2, 0.25) is 5.91 Å². The van der Waals surface area contributed by atoms with E-state index in [2.05, 4.69) is 10.6 Å². The second-order valence-corrected chi connectivity index (χ2v) is 5.67. The molecule has 1 aliphatic heterocycles. The first-order valence-corrected chi connectivity index (χ1v) is 7.79. The van der Waals surface area contributed by atoms with Crippen molar-refractivity contribution in [2.75, 3.05) is 18.8 Å². The number of hydrogen-bond acceptors (Lipinski definition) is 4. The van der Waals surface area contributed by atoms with E-state index in [9.17, 15) is 14.4 Å². The molecule has 1 aromatic rings. The third-order valence-electron chi connectivity index (χ3n) is 2.99. The van der Waals surface area contributed by atoms with Crippen LogP contribution in [0, 0.1) is 6.92 Å². The molecule has 2 rings (SSSR count). The lowest BCUT2D eigenvalue weighted by molar-refractivity contribution is -0.124. The fourth-order valence-corrected chi connectivity index (χ4v) is 2.67. The summed E-state index contributed by atoms with van der Waals surface area (Å²) in [7, 11) is 0. The lowest BCUT2D eigenvalue weighted by Gasteiger charge is -2.12. The summed E-state index contributed by atoms with van der Waals surface area (Å²) in [4.78, 5) is 35.4. The van der Waals surface area contributed by atoms with Crippen molar-refractivity contribution < 1.29 is 14.4 Å². The van der Waals surface area contributed by atoms with E-state index < -0.39 is 0 Å². The number of nitrogens with zero attached hydrogens (tertiary/aromatic N) is 1. The second-order valence-electron chi connectivity index (χ2n) is 4.75. The normalized spacial score (nSPS) is 14.7. The Hall–Kier alpha value is -2.28. The predicted octanol–water partition coefficient (Wildman–Crippen LogP) is 1.96. The number of nitrogens with one attached hydrogen (secondary N) is 2. The van der Waals surface area contributed by atoms with Gasteiger partial charge in [0.15, 0.2) is 0 Å². The van der Waals surface area contributed by atoms with Crippen molar-refractivity contribution in [1.82, 2.24) is 15.5 Å². The summed E-state index contributed by atoms with van der Waals surface area (Å²) in [5.74, 6) is -0.0267. The summed E-state index contributed by atoms with van der Waals surface area (Å²) in [5, 5.41) is 4.91. The zero-order valence-electron chi connectivity index (χ0n) is 12.2. The van der Waals surface area contributed by atoms with E-state index in [1.54, 1.807) is 12.3 Å². The van der Waals surface area contributed by atoms with Crippen molar-refractivity contribution in [3.05, 3.63) is 41.6 Å². The van der Waals surface area contributed by atoms with Crippen LogP contribution >= 0.6 is 11.8 Å². The maximum Gasteiger partial charge on any atom is 0.318 e. The lowest BCUT2D eigenvalue weighted by Crippen LogP contribution is -2.40. The number of carbonyl (C=O) groups is 3. The molecule has 0 aromatic heterocycles. The summed E-state index contributed by atoms with van der Waals surface area (Å²) >= 11 is 0.983. The average molecular weight is 319 g/mol. The molecular formula is C15H17N3O3S. The van der Waals surface area contributed by atoms with Crippen LogP contribution in [0.3, 0.4) is 0 Å².